The second-order valence-electron chi connectivity index (χ2n) is 8.54. The van der Waals surface area contributed by atoms with Crippen LogP contribution in [0.5, 0.6) is 11.5 Å². The zero-order chi connectivity index (χ0) is 27.3. The highest BCUT2D eigenvalue weighted by atomic mass is 16.7. The largest absolute Gasteiger partial charge is 0.504 e. The maximum atomic E-state index is 12.5. The van der Waals surface area contributed by atoms with Crippen LogP contribution in [0.2, 0.25) is 0 Å². The molecule has 0 radical (unpaired) electrons. The Morgan fingerprint density at radius 2 is 1.89 bits per heavy atom. The van der Waals surface area contributed by atoms with Crippen molar-refractivity contribution in [2.24, 2.45) is 0 Å². The molecule has 0 spiro atoms. The Balaban J connectivity index is 1.70. The topological polar surface area (TPSA) is 192 Å². The molecular weight excluding hydrogens is 492 g/mol. The van der Waals surface area contributed by atoms with Crippen LogP contribution in [0, 0.1) is 0 Å². The van der Waals surface area contributed by atoms with Crippen molar-refractivity contribution >= 4 is 18.0 Å². The summed E-state index contributed by atoms with van der Waals surface area (Å²) in [5, 5.41) is 58.5. The summed E-state index contributed by atoms with van der Waals surface area (Å²) < 4.78 is 21.2. The van der Waals surface area contributed by atoms with E-state index < -0.39 is 55.4 Å². The highest BCUT2D eigenvalue weighted by Gasteiger charge is 2.44. The minimum atomic E-state index is -1.62. The number of phenolic OH excluding ortho intramolecular Hbond substituents is 1. The van der Waals surface area contributed by atoms with E-state index in [0.29, 0.717) is 11.1 Å². The molecule has 1 aliphatic heterocycles. The average molecular weight is 523 g/mol. The number of carbonyl (C=O) groups excluding carboxylic acids is 1. The van der Waals surface area contributed by atoms with Gasteiger partial charge in [0.1, 0.15) is 30.5 Å². The number of carboxylic acid groups (broad SMARTS) is 1. The molecule has 1 heterocycles. The number of aliphatic hydroxyl groups excluding tert-OH is 4. The minimum Gasteiger partial charge on any atom is -0.504 e. The van der Waals surface area contributed by atoms with Crippen LogP contribution >= 0.6 is 0 Å². The summed E-state index contributed by atoms with van der Waals surface area (Å²) in [5.41, 5.74) is 1.18. The summed E-state index contributed by atoms with van der Waals surface area (Å²) >= 11 is 0. The van der Waals surface area contributed by atoms with Crippen molar-refractivity contribution in [3.05, 3.63) is 52.6 Å². The molecule has 6 atom stereocenters. The van der Waals surface area contributed by atoms with E-state index in [1.807, 2.05) is 0 Å². The molecule has 0 bridgehead atoms. The van der Waals surface area contributed by atoms with Gasteiger partial charge in [0.15, 0.2) is 17.8 Å². The van der Waals surface area contributed by atoms with E-state index in [2.05, 4.69) is 0 Å². The molecule has 2 aliphatic rings. The molecule has 0 aromatic heterocycles. The van der Waals surface area contributed by atoms with Crippen LogP contribution in [-0.2, 0) is 23.8 Å². The number of hydrogen-bond acceptors (Lipinski definition) is 11. The van der Waals surface area contributed by atoms with Crippen molar-refractivity contribution in [2.45, 2.75) is 50.2 Å². The van der Waals surface area contributed by atoms with Gasteiger partial charge in [0, 0.05) is 18.1 Å². The number of ether oxygens (including phenoxy) is 4. The minimum absolute atomic E-state index is 0.0394. The van der Waals surface area contributed by atoms with Gasteiger partial charge < -0.3 is 49.6 Å². The maximum Gasteiger partial charge on any atom is 0.336 e. The SMILES string of the molecule is COc1cc(C=CC(=O)O[C@@H]2CC(C)=C(C(=O)O)C2=CCO[C@H]2O[C@H](CO)[C@@H](O)[C@H](O)[C@H]2O)ccc1O. The first kappa shape index (κ1) is 28.3. The first-order valence-corrected chi connectivity index (χ1v) is 11.4. The van der Waals surface area contributed by atoms with Crippen LogP contribution in [0.1, 0.15) is 18.9 Å². The first-order chi connectivity index (χ1) is 17.6. The molecule has 0 amide bonds. The normalized spacial score (nSPS) is 29.2. The van der Waals surface area contributed by atoms with Crippen molar-refractivity contribution in [3.8, 4) is 11.5 Å². The second-order valence-corrected chi connectivity index (χ2v) is 8.54. The molecule has 6 N–H and O–H groups in total. The summed E-state index contributed by atoms with van der Waals surface area (Å²) in [7, 11) is 1.39. The van der Waals surface area contributed by atoms with Gasteiger partial charge >= 0.3 is 11.9 Å². The predicted molar refractivity (Wildman–Crippen MR) is 126 cm³/mol. The molecule has 1 saturated heterocycles. The van der Waals surface area contributed by atoms with Crippen molar-refractivity contribution in [2.75, 3.05) is 20.3 Å². The van der Waals surface area contributed by atoms with E-state index in [0.717, 1.165) is 6.08 Å². The molecule has 1 fully saturated rings. The van der Waals surface area contributed by atoms with E-state index in [1.165, 1.54) is 31.4 Å². The van der Waals surface area contributed by atoms with E-state index in [4.69, 9.17) is 18.9 Å². The van der Waals surface area contributed by atoms with E-state index >= 15 is 0 Å². The van der Waals surface area contributed by atoms with Gasteiger partial charge in [0.05, 0.1) is 25.9 Å². The Kier molecular flexibility index (Phi) is 9.43. The summed E-state index contributed by atoms with van der Waals surface area (Å²) in [5.74, 6) is -1.79. The lowest BCUT2D eigenvalue weighted by atomic mass is 9.99. The molecule has 0 unspecified atom stereocenters. The maximum absolute atomic E-state index is 12.5. The fraction of sp³-hybridized carbons (Fsp3) is 0.440. The number of phenols is 1. The average Bonchev–Trinajstić information content (AvgIpc) is 3.17. The van der Waals surface area contributed by atoms with E-state index in [1.54, 1.807) is 13.0 Å². The molecular formula is C25H30O12. The van der Waals surface area contributed by atoms with Crippen LogP contribution in [-0.4, -0.2) is 99.7 Å². The van der Waals surface area contributed by atoms with Gasteiger partial charge in [-0.05, 0) is 30.7 Å². The second kappa shape index (κ2) is 12.3. The number of aliphatic hydroxyl groups is 4. The fourth-order valence-corrected chi connectivity index (χ4v) is 4.12. The molecule has 1 aliphatic carbocycles. The summed E-state index contributed by atoms with van der Waals surface area (Å²) in [6, 6.07) is 4.49. The number of methoxy groups -OCH3 is 1. The lowest BCUT2D eigenvalue weighted by Gasteiger charge is -2.39. The highest BCUT2D eigenvalue weighted by Crippen LogP contribution is 2.34. The Bertz CT molecular complexity index is 1090. The lowest BCUT2D eigenvalue weighted by molar-refractivity contribution is -0.298. The van der Waals surface area contributed by atoms with Crippen LogP contribution in [0.3, 0.4) is 0 Å². The van der Waals surface area contributed by atoms with Gasteiger partial charge in [-0.25, -0.2) is 9.59 Å². The third-order valence-corrected chi connectivity index (χ3v) is 6.05. The third-order valence-electron chi connectivity index (χ3n) is 6.05. The van der Waals surface area contributed by atoms with Crippen LogP contribution in [0.4, 0.5) is 0 Å². The monoisotopic (exact) mass is 522 g/mol. The predicted octanol–water partition coefficient (Wildman–Crippen LogP) is -0.126. The van der Waals surface area contributed by atoms with Gasteiger partial charge in [-0.2, -0.15) is 0 Å². The number of aliphatic carboxylic acids is 1. The molecule has 202 valence electrons. The Morgan fingerprint density at radius 3 is 2.54 bits per heavy atom. The summed E-state index contributed by atoms with van der Waals surface area (Å²) in [6.07, 6.45) is -4.16. The lowest BCUT2D eigenvalue weighted by Crippen LogP contribution is -2.59. The van der Waals surface area contributed by atoms with Gasteiger partial charge in [0.2, 0.25) is 0 Å². The van der Waals surface area contributed by atoms with Crippen molar-refractivity contribution in [3.63, 3.8) is 0 Å². The number of benzene rings is 1. The Labute approximate surface area is 212 Å². The molecule has 37 heavy (non-hydrogen) atoms. The highest BCUT2D eigenvalue weighted by molar-refractivity contribution is 5.95. The van der Waals surface area contributed by atoms with Gasteiger partial charge in [-0.3, -0.25) is 0 Å². The van der Waals surface area contributed by atoms with Gasteiger partial charge in [0.25, 0.3) is 0 Å². The molecule has 3 rings (SSSR count). The quantitative estimate of drug-likeness (QED) is 0.186. The van der Waals surface area contributed by atoms with Crippen LogP contribution < -0.4 is 4.74 Å². The fourth-order valence-electron chi connectivity index (χ4n) is 4.12. The molecule has 1 aromatic carbocycles. The number of carboxylic acids is 1. The number of hydrogen-bond donors (Lipinski definition) is 6. The first-order valence-electron chi connectivity index (χ1n) is 11.4. The standard InChI is InChI=1S/C25H30O12/c1-12-9-16(36-19(28)6-4-13-3-5-15(27)17(10-13)34-2)14(20(12)24(32)33)7-8-35-25-23(31)22(30)21(29)18(11-26)37-25/h3-7,10,16,18,21-23,25-27,29-31H,8-9,11H2,1-2H3,(H,32,33)/t16-,18-,21-,22+,23-,25+/m1/s1. The number of aromatic hydroxyl groups is 1. The Hall–Kier alpha value is -3.26. The third kappa shape index (κ3) is 6.55. The molecule has 1 aromatic rings. The van der Waals surface area contributed by atoms with Gasteiger partial charge in [-0.1, -0.05) is 17.7 Å². The van der Waals surface area contributed by atoms with Crippen molar-refractivity contribution in [1.82, 2.24) is 0 Å². The zero-order valence-corrected chi connectivity index (χ0v) is 20.2. The molecule has 12 heteroatoms. The van der Waals surface area contributed by atoms with E-state index in [-0.39, 0.29) is 35.7 Å². The van der Waals surface area contributed by atoms with Crippen molar-refractivity contribution < 1.29 is 59.2 Å². The number of rotatable bonds is 9. The van der Waals surface area contributed by atoms with Crippen LogP contribution in [0.25, 0.3) is 6.08 Å². The zero-order valence-electron chi connectivity index (χ0n) is 20.2. The summed E-state index contributed by atoms with van der Waals surface area (Å²) in [6.45, 7) is 0.681. The van der Waals surface area contributed by atoms with Gasteiger partial charge in [-0.15, -0.1) is 0 Å². The van der Waals surface area contributed by atoms with E-state index in [9.17, 15) is 40.2 Å². The molecule has 0 saturated carbocycles. The Morgan fingerprint density at radius 1 is 1.16 bits per heavy atom. The smallest absolute Gasteiger partial charge is 0.336 e. The number of carbonyl (C=O) groups is 2. The van der Waals surface area contributed by atoms with Crippen molar-refractivity contribution in [1.29, 1.82) is 0 Å². The van der Waals surface area contributed by atoms with Crippen LogP contribution in [0.15, 0.2) is 47.1 Å². The number of esters is 1. The molecule has 12 nitrogen and oxygen atoms in total. The summed E-state index contributed by atoms with van der Waals surface area (Å²) in [4.78, 5) is 24.3.